The van der Waals surface area contributed by atoms with Crippen LogP contribution in [0.1, 0.15) is 139 Å². The Morgan fingerprint density at radius 3 is 2.35 bits per heavy atom. The lowest BCUT2D eigenvalue weighted by atomic mass is 9.40. The van der Waals surface area contributed by atoms with Gasteiger partial charge in [-0.05, 0) is 129 Å². The molecule has 4 aliphatic rings. The second kappa shape index (κ2) is 11.4. The van der Waals surface area contributed by atoms with Gasteiger partial charge in [0.2, 0.25) is 0 Å². The molecule has 0 aromatic carbocycles. The quantitative estimate of drug-likeness (QED) is 0.324. The van der Waals surface area contributed by atoms with Crippen molar-refractivity contribution in [1.29, 1.82) is 0 Å². The van der Waals surface area contributed by atoms with Crippen LogP contribution in [0, 0.1) is 64.1 Å². The molecule has 0 amide bonds. The third kappa shape index (κ3) is 4.96. The molecule has 0 heteroatoms. The fourth-order valence-electron chi connectivity index (χ4n) is 10.5. The second-order valence-corrected chi connectivity index (χ2v) is 14.1. The number of rotatable bonds is 7. The molecule has 4 rings (SSSR count). The average Bonchev–Trinajstić information content (AvgIpc) is 3.17. The third-order valence-electron chi connectivity index (χ3n) is 12.5. The molecule has 0 nitrogen and oxygen atoms in total. The van der Waals surface area contributed by atoms with Crippen LogP contribution in [0.15, 0.2) is 12.2 Å². The van der Waals surface area contributed by atoms with Crippen LogP contribution in [0.5, 0.6) is 0 Å². The zero-order valence-corrected chi connectivity index (χ0v) is 24.9. The normalized spacial score (nSPS) is 46.4. The molecule has 4 saturated carbocycles. The summed E-state index contributed by atoms with van der Waals surface area (Å²) in [7, 11) is 0. The molecule has 0 radical (unpaired) electrons. The van der Waals surface area contributed by atoms with E-state index < -0.39 is 0 Å². The van der Waals surface area contributed by atoms with E-state index in [9.17, 15) is 0 Å². The molecular weight excluding hydrogens is 408 g/mol. The Morgan fingerprint density at radius 1 is 1.00 bits per heavy atom. The molecule has 34 heavy (non-hydrogen) atoms. The van der Waals surface area contributed by atoms with Crippen molar-refractivity contribution in [3.05, 3.63) is 12.2 Å². The van der Waals surface area contributed by atoms with E-state index in [0.717, 1.165) is 53.3 Å². The van der Waals surface area contributed by atoms with Crippen molar-refractivity contribution in [2.45, 2.75) is 139 Å². The van der Waals surface area contributed by atoms with Gasteiger partial charge in [0.25, 0.3) is 0 Å². The minimum absolute atomic E-state index is 0.575. The van der Waals surface area contributed by atoms with Gasteiger partial charge >= 0.3 is 0 Å². The second-order valence-electron chi connectivity index (χ2n) is 14.1. The van der Waals surface area contributed by atoms with Gasteiger partial charge in [0.15, 0.2) is 0 Å². The first-order valence-electron chi connectivity index (χ1n) is 15.8. The maximum atomic E-state index is 4.20. The third-order valence-corrected chi connectivity index (χ3v) is 12.5. The van der Waals surface area contributed by atoms with Crippen molar-refractivity contribution in [3.8, 4) is 0 Å². The van der Waals surface area contributed by atoms with Crippen LogP contribution in [-0.4, -0.2) is 0 Å². The molecule has 0 heterocycles. The van der Waals surface area contributed by atoms with Crippen molar-refractivity contribution < 1.29 is 0 Å². The van der Waals surface area contributed by atoms with E-state index >= 15 is 0 Å². The minimum atomic E-state index is 0.575. The first-order valence-corrected chi connectivity index (χ1v) is 15.8. The monoisotopic (exact) mass is 470 g/mol. The largest absolute Gasteiger partial charge is 0.100 e. The number of hydrogen-bond acceptors (Lipinski definition) is 0. The zero-order valence-electron chi connectivity index (χ0n) is 24.9. The summed E-state index contributed by atoms with van der Waals surface area (Å²) in [6, 6.07) is 0. The maximum absolute atomic E-state index is 4.20. The SMILES string of the molecule is C=C(C)CCC(C)C1CCC2C3C(C)CC4CC(CCCC)CCC4(C)C3CC(C)C12C.CC. The molecule has 0 aliphatic heterocycles. The first kappa shape index (κ1) is 28.3. The van der Waals surface area contributed by atoms with E-state index in [4.69, 9.17) is 0 Å². The van der Waals surface area contributed by atoms with Crippen LogP contribution in [0.2, 0.25) is 0 Å². The molecule has 198 valence electrons. The highest BCUT2D eigenvalue weighted by Crippen LogP contribution is 2.71. The number of fused-ring (bicyclic) bond motifs is 5. The van der Waals surface area contributed by atoms with Crippen molar-refractivity contribution in [1.82, 2.24) is 0 Å². The van der Waals surface area contributed by atoms with Crippen molar-refractivity contribution in [2.24, 2.45) is 64.1 Å². The summed E-state index contributed by atoms with van der Waals surface area (Å²) in [4.78, 5) is 0. The summed E-state index contributed by atoms with van der Waals surface area (Å²) in [6.45, 7) is 26.3. The maximum Gasteiger partial charge on any atom is -0.0238 e. The van der Waals surface area contributed by atoms with Crippen LogP contribution >= 0.6 is 0 Å². The lowest BCUT2D eigenvalue weighted by Gasteiger charge is -2.65. The number of unbranched alkanes of at least 4 members (excludes halogenated alkanes) is 1. The predicted octanol–water partition coefficient (Wildman–Crippen LogP) is 11.0. The topological polar surface area (TPSA) is 0 Å². The average molecular weight is 471 g/mol. The highest BCUT2D eigenvalue weighted by atomic mass is 14.7. The fourth-order valence-corrected chi connectivity index (χ4v) is 10.5. The Morgan fingerprint density at radius 2 is 1.71 bits per heavy atom. The summed E-state index contributed by atoms with van der Waals surface area (Å²) >= 11 is 0. The molecule has 4 fully saturated rings. The summed E-state index contributed by atoms with van der Waals surface area (Å²) in [6.07, 6.45) is 17.6. The molecule has 0 bridgehead atoms. The molecule has 0 saturated heterocycles. The van der Waals surface area contributed by atoms with Crippen LogP contribution in [0.25, 0.3) is 0 Å². The Bertz CT molecular complexity index is 661. The van der Waals surface area contributed by atoms with E-state index in [1.807, 2.05) is 13.8 Å². The van der Waals surface area contributed by atoms with Gasteiger partial charge in [-0.15, -0.1) is 6.58 Å². The summed E-state index contributed by atoms with van der Waals surface area (Å²) in [5.74, 6) is 8.68. The number of hydrogen-bond donors (Lipinski definition) is 0. The van der Waals surface area contributed by atoms with Crippen molar-refractivity contribution in [2.75, 3.05) is 0 Å². The summed E-state index contributed by atoms with van der Waals surface area (Å²) in [5, 5.41) is 0. The standard InChI is InChI=1S/C32H56.C2H6/c1-9-10-11-25-16-17-31(7)26(20-25)18-23(5)30-28-15-14-27(22(4)13-12-21(2)3)32(28,8)24(6)19-29(30)31;1-2/h22-30H,2,9-20H2,1,3-8H3;1-2H3. The van der Waals surface area contributed by atoms with Gasteiger partial charge in [0, 0.05) is 0 Å². The van der Waals surface area contributed by atoms with E-state index in [-0.39, 0.29) is 0 Å². The minimum Gasteiger partial charge on any atom is -0.100 e. The molecule has 11 unspecified atom stereocenters. The number of allylic oxidation sites excluding steroid dienone is 1. The molecule has 0 aromatic rings. The molecule has 0 spiro atoms. The van der Waals surface area contributed by atoms with Crippen LogP contribution in [0.4, 0.5) is 0 Å². The van der Waals surface area contributed by atoms with Gasteiger partial charge in [0.05, 0.1) is 0 Å². The van der Waals surface area contributed by atoms with Crippen LogP contribution in [0.3, 0.4) is 0 Å². The summed E-state index contributed by atoms with van der Waals surface area (Å²) in [5.41, 5.74) is 2.59. The van der Waals surface area contributed by atoms with Crippen LogP contribution < -0.4 is 0 Å². The smallest absolute Gasteiger partial charge is 0.0238 e. The van der Waals surface area contributed by atoms with Crippen molar-refractivity contribution >= 4 is 0 Å². The van der Waals surface area contributed by atoms with Gasteiger partial charge < -0.3 is 0 Å². The van der Waals surface area contributed by atoms with E-state index in [2.05, 4.69) is 55.0 Å². The highest BCUT2D eigenvalue weighted by Gasteiger charge is 2.64. The first-order chi connectivity index (χ1) is 16.1. The fraction of sp³-hybridized carbons (Fsp3) is 0.941. The van der Waals surface area contributed by atoms with Crippen LogP contribution in [-0.2, 0) is 0 Å². The van der Waals surface area contributed by atoms with Gasteiger partial charge in [-0.25, -0.2) is 0 Å². The Balaban J connectivity index is 0.00000158. The lowest BCUT2D eigenvalue weighted by molar-refractivity contribution is -0.163. The zero-order chi connectivity index (χ0) is 25.3. The lowest BCUT2D eigenvalue weighted by Crippen LogP contribution is -2.58. The Labute approximate surface area is 215 Å². The molecule has 4 aliphatic carbocycles. The highest BCUT2D eigenvalue weighted by molar-refractivity contribution is 5.12. The van der Waals surface area contributed by atoms with E-state index in [0.29, 0.717) is 10.8 Å². The molecule has 11 atom stereocenters. The van der Waals surface area contributed by atoms with E-state index in [1.54, 1.807) is 6.42 Å². The van der Waals surface area contributed by atoms with Gasteiger partial charge in [-0.3, -0.25) is 0 Å². The van der Waals surface area contributed by atoms with Gasteiger partial charge in [0.1, 0.15) is 0 Å². The van der Waals surface area contributed by atoms with E-state index in [1.165, 1.54) is 76.2 Å². The molecular formula is C34H62. The molecule has 0 aromatic heterocycles. The molecule has 0 N–H and O–H groups in total. The van der Waals surface area contributed by atoms with Gasteiger partial charge in [-0.1, -0.05) is 80.2 Å². The van der Waals surface area contributed by atoms with Gasteiger partial charge in [-0.2, -0.15) is 0 Å². The van der Waals surface area contributed by atoms with Crippen molar-refractivity contribution in [3.63, 3.8) is 0 Å². The predicted molar refractivity (Wildman–Crippen MR) is 152 cm³/mol. The summed E-state index contributed by atoms with van der Waals surface area (Å²) < 4.78 is 0. The Kier molecular flexibility index (Phi) is 9.51. The Hall–Kier alpha value is -0.260.